The summed E-state index contributed by atoms with van der Waals surface area (Å²) in [6.07, 6.45) is -0.393. The van der Waals surface area contributed by atoms with Crippen molar-refractivity contribution in [3.63, 3.8) is 0 Å². The van der Waals surface area contributed by atoms with Crippen molar-refractivity contribution < 1.29 is 9.84 Å². The Hall–Kier alpha value is -1.10. The zero-order chi connectivity index (χ0) is 13.0. The molecule has 0 aliphatic carbocycles. The number of piperazine rings is 1. The molecule has 2 N–H and O–H groups in total. The van der Waals surface area contributed by atoms with Crippen LogP contribution in [0.2, 0.25) is 0 Å². The number of nitrogens with zero attached hydrogens (tertiary/aromatic N) is 1. The highest BCUT2D eigenvalue weighted by Gasteiger charge is 2.26. The lowest BCUT2D eigenvalue weighted by Gasteiger charge is -2.36. The number of ether oxygens (including phenoxy) is 1. The fourth-order valence-electron chi connectivity index (χ4n) is 2.58. The normalized spacial score (nSPS) is 20.4. The van der Waals surface area contributed by atoms with Crippen molar-refractivity contribution in [1.82, 2.24) is 10.2 Å². The average molecular weight is 250 g/mol. The maximum atomic E-state index is 10.1. The van der Waals surface area contributed by atoms with Gasteiger partial charge in [-0.25, -0.2) is 0 Å². The molecule has 1 aromatic carbocycles. The summed E-state index contributed by atoms with van der Waals surface area (Å²) in [6, 6.07) is 8.02. The molecule has 1 fully saturated rings. The number of benzene rings is 1. The molecule has 0 saturated carbocycles. The van der Waals surface area contributed by atoms with E-state index in [-0.39, 0.29) is 6.04 Å². The summed E-state index contributed by atoms with van der Waals surface area (Å²) in [6.45, 7) is 5.74. The highest BCUT2D eigenvalue weighted by Crippen LogP contribution is 2.27. The van der Waals surface area contributed by atoms with Crippen LogP contribution in [0, 0.1) is 0 Å². The van der Waals surface area contributed by atoms with Crippen molar-refractivity contribution in [2.75, 3.05) is 33.3 Å². The van der Waals surface area contributed by atoms with Gasteiger partial charge in [0, 0.05) is 26.2 Å². The Morgan fingerprint density at radius 1 is 1.33 bits per heavy atom. The minimum atomic E-state index is -0.393. The van der Waals surface area contributed by atoms with Gasteiger partial charge in [0.05, 0.1) is 19.3 Å². The molecule has 2 rings (SSSR count). The molecular formula is C14H22N2O2. The summed E-state index contributed by atoms with van der Waals surface area (Å²) < 4.78 is 5.26. The van der Waals surface area contributed by atoms with Crippen molar-refractivity contribution >= 4 is 0 Å². The molecule has 100 valence electrons. The van der Waals surface area contributed by atoms with E-state index in [2.05, 4.69) is 16.3 Å². The number of hydrogen-bond acceptors (Lipinski definition) is 4. The first-order chi connectivity index (χ1) is 8.72. The van der Waals surface area contributed by atoms with Gasteiger partial charge in [-0.05, 0) is 24.6 Å². The third-order valence-corrected chi connectivity index (χ3v) is 3.44. The largest absolute Gasteiger partial charge is 0.497 e. The molecule has 18 heavy (non-hydrogen) atoms. The number of aliphatic hydroxyl groups is 1. The summed E-state index contributed by atoms with van der Waals surface area (Å²) >= 11 is 0. The highest BCUT2D eigenvalue weighted by molar-refractivity contribution is 5.31. The predicted molar refractivity (Wildman–Crippen MR) is 71.9 cm³/mol. The summed E-state index contributed by atoms with van der Waals surface area (Å²) in [5.74, 6) is 0.841. The smallest absolute Gasteiger partial charge is 0.119 e. The zero-order valence-corrected chi connectivity index (χ0v) is 11.1. The first-order valence-corrected chi connectivity index (χ1v) is 6.49. The van der Waals surface area contributed by atoms with Crippen molar-refractivity contribution in [1.29, 1.82) is 0 Å². The summed E-state index contributed by atoms with van der Waals surface area (Å²) in [7, 11) is 1.67. The van der Waals surface area contributed by atoms with Gasteiger partial charge in [-0.3, -0.25) is 4.90 Å². The van der Waals surface area contributed by atoms with Crippen LogP contribution in [-0.4, -0.2) is 49.4 Å². The molecule has 0 bridgehead atoms. The molecular weight excluding hydrogens is 228 g/mol. The van der Waals surface area contributed by atoms with Gasteiger partial charge >= 0.3 is 0 Å². The fraction of sp³-hybridized carbons (Fsp3) is 0.571. The van der Waals surface area contributed by atoms with Gasteiger partial charge in [0.15, 0.2) is 0 Å². The second-order valence-corrected chi connectivity index (χ2v) is 4.75. The quantitative estimate of drug-likeness (QED) is 0.837. The topological polar surface area (TPSA) is 44.7 Å². The second-order valence-electron chi connectivity index (χ2n) is 4.75. The zero-order valence-electron chi connectivity index (χ0n) is 11.1. The molecule has 0 spiro atoms. The Morgan fingerprint density at radius 3 is 2.67 bits per heavy atom. The van der Waals surface area contributed by atoms with E-state index in [0.717, 1.165) is 37.5 Å². The predicted octanol–water partition coefficient (Wildman–Crippen LogP) is 1.02. The molecule has 1 aliphatic heterocycles. The first-order valence-electron chi connectivity index (χ1n) is 6.49. The van der Waals surface area contributed by atoms with Crippen LogP contribution in [0.4, 0.5) is 0 Å². The Bertz CT molecular complexity index is 376. The molecule has 4 heteroatoms. The molecule has 1 aromatic rings. The van der Waals surface area contributed by atoms with E-state index in [4.69, 9.17) is 4.74 Å². The minimum Gasteiger partial charge on any atom is -0.497 e. The Labute approximate surface area is 109 Å². The molecule has 2 unspecified atom stereocenters. The van der Waals surface area contributed by atoms with E-state index < -0.39 is 6.10 Å². The summed E-state index contributed by atoms with van der Waals surface area (Å²) in [5, 5.41) is 13.4. The standard InChI is InChI=1S/C14H22N2O2/c1-11(17)14(16-8-6-15-7-9-16)12-4-3-5-13(10-12)18-2/h3-5,10-11,14-15,17H,6-9H2,1-2H3. The van der Waals surface area contributed by atoms with Gasteiger partial charge in [-0.15, -0.1) is 0 Å². The van der Waals surface area contributed by atoms with Gasteiger partial charge < -0.3 is 15.2 Å². The molecule has 4 nitrogen and oxygen atoms in total. The molecule has 1 aliphatic rings. The first kappa shape index (κ1) is 13.3. The lowest BCUT2D eigenvalue weighted by atomic mass is 9.99. The summed E-state index contributed by atoms with van der Waals surface area (Å²) in [4.78, 5) is 2.33. The van der Waals surface area contributed by atoms with Crippen LogP contribution in [0.15, 0.2) is 24.3 Å². The van der Waals surface area contributed by atoms with E-state index in [9.17, 15) is 5.11 Å². The van der Waals surface area contributed by atoms with Crippen molar-refractivity contribution in [2.24, 2.45) is 0 Å². The van der Waals surface area contributed by atoms with Gasteiger partial charge in [0.25, 0.3) is 0 Å². The van der Waals surface area contributed by atoms with Crippen LogP contribution in [0.3, 0.4) is 0 Å². The van der Waals surface area contributed by atoms with Crippen LogP contribution in [0.25, 0.3) is 0 Å². The number of nitrogens with one attached hydrogen (secondary N) is 1. The Balaban J connectivity index is 2.22. The van der Waals surface area contributed by atoms with E-state index in [1.54, 1.807) is 7.11 Å². The van der Waals surface area contributed by atoms with Gasteiger partial charge in [0.2, 0.25) is 0 Å². The van der Waals surface area contributed by atoms with Gasteiger partial charge in [0.1, 0.15) is 5.75 Å². The van der Waals surface area contributed by atoms with Crippen molar-refractivity contribution in [3.8, 4) is 5.75 Å². The molecule has 1 heterocycles. The second kappa shape index (κ2) is 6.18. The monoisotopic (exact) mass is 250 g/mol. The SMILES string of the molecule is COc1cccc(C(C(C)O)N2CCNCC2)c1. The maximum Gasteiger partial charge on any atom is 0.119 e. The van der Waals surface area contributed by atoms with Gasteiger partial charge in [-0.1, -0.05) is 12.1 Å². The maximum absolute atomic E-state index is 10.1. The van der Waals surface area contributed by atoms with E-state index in [0.29, 0.717) is 0 Å². The fourth-order valence-corrected chi connectivity index (χ4v) is 2.58. The number of aliphatic hydroxyl groups excluding tert-OH is 1. The van der Waals surface area contributed by atoms with E-state index >= 15 is 0 Å². The molecule has 0 aromatic heterocycles. The Kier molecular flexibility index (Phi) is 4.58. The van der Waals surface area contributed by atoms with Crippen LogP contribution in [0.1, 0.15) is 18.5 Å². The molecule has 2 atom stereocenters. The minimum absolute atomic E-state index is 0.0437. The lowest BCUT2D eigenvalue weighted by Crippen LogP contribution is -2.47. The molecule has 0 amide bonds. The van der Waals surface area contributed by atoms with Crippen LogP contribution >= 0.6 is 0 Å². The van der Waals surface area contributed by atoms with Crippen LogP contribution in [-0.2, 0) is 0 Å². The van der Waals surface area contributed by atoms with Gasteiger partial charge in [-0.2, -0.15) is 0 Å². The van der Waals surface area contributed by atoms with Crippen molar-refractivity contribution in [3.05, 3.63) is 29.8 Å². The van der Waals surface area contributed by atoms with Crippen LogP contribution < -0.4 is 10.1 Å². The Morgan fingerprint density at radius 2 is 2.06 bits per heavy atom. The van der Waals surface area contributed by atoms with E-state index in [1.807, 2.05) is 25.1 Å². The van der Waals surface area contributed by atoms with Crippen LogP contribution in [0.5, 0.6) is 5.75 Å². The van der Waals surface area contributed by atoms with E-state index in [1.165, 1.54) is 0 Å². The number of hydrogen-bond donors (Lipinski definition) is 2. The number of rotatable bonds is 4. The third kappa shape index (κ3) is 3.02. The highest BCUT2D eigenvalue weighted by atomic mass is 16.5. The lowest BCUT2D eigenvalue weighted by molar-refractivity contribution is 0.0524. The van der Waals surface area contributed by atoms with Crippen molar-refractivity contribution in [2.45, 2.75) is 19.1 Å². The number of methoxy groups -OCH3 is 1. The average Bonchev–Trinajstić information content (AvgIpc) is 2.40. The molecule has 1 saturated heterocycles. The third-order valence-electron chi connectivity index (χ3n) is 3.44. The summed E-state index contributed by atoms with van der Waals surface area (Å²) in [5.41, 5.74) is 1.12. The molecule has 0 radical (unpaired) electrons.